The number of pyridine rings is 1. The fourth-order valence-electron chi connectivity index (χ4n) is 2.16. The number of ether oxygens (including phenoxy) is 2. The summed E-state index contributed by atoms with van der Waals surface area (Å²) in [6.07, 6.45) is 1.76. The summed E-state index contributed by atoms with van der Waals surface area (Å²) in [6, 6.07) is 9.59. The second kappa shape index (κ2) is 6.72. The van der Waals surface area contributed by atoms with Crippen LogP contribution in [0.4, 0.5) is 0 Å². The van der Waals surface area contributed by atoms with Gasteiger partial charge in [0.15, 0.2) is 0 Å². The molecular formula is C15H17BrN2O2. The van der Waals surface area contributed by atoms with Crippen LogP contribution in [-0.2, 0) is 0 Å². The number of nitrogens with zero attached hydrogens (tertiary/aromatic N) is 1. The van der Waals surface area contributed by atoms with Gasteiger partial charge in [-0.25, -0.2) is 0 Å². The van der Waals surface area contributed by atoms with E-state index in [4.69, 9.17) is 9.47 Å². The Balaban J connectivity index is 2.52. The van der Waals surface area contributed by atoms with Crippen LogP contribution in [-0.4, -0.2) is 26.3 Å². The van der Waals surface area contributed by atoms with E-state index in [0.29, 0.717) is 0 Å². The molecule has 1 aromatic carbocycles. The third-order valence-corrected chi connectivity index (χ3v) is 3.58. The molecule has 0 bridgehead atoms. The van der Waals surface area contributed by atoms with Crippen LogP contribution in [0.15, 0.2) is 41.0 Å². The standard InChI is InChI=1S/C15H17BrN2O2/c1-17-14(15-12(19-2)5-4-8-18-15)11-7-6-10(16)9-13(11)20-3/h4-9,14,17H,1-3H3. The third-order valence-electron chi connectivity index (χ3n) is 3.09. The van der Waals surface area contributed by atoms with Crippen LogP contribution < -0.4 is 14.8 Å². The molecule has 1 heterocycles. The van der Waals surface area contributed by atoms with Crippen molar-refractivity contribution < 1.29 is 9.47 Å². The number of hydrogen-bond donors (Lipinski definition) is 1. The average Bonchev–Trinajstić information content (AvgIpc) is 2.49. The summed E-state index contributed by atoms with van der Waals surface area (Å²) in [6.45, 7) is 0. The molecule has 0 aliphatic carbocycles. The number of aromatic nitrogens is 1. The summed E-state index contributed by atoms with van der Waals surface area (Å²) in [4.78, 5) is 4.44. The molecule has 0 aliphatic rings. The van der Waals surface area contributed by atoms with Crippen LogP contribution in [0, 0.1) is 0 Å². The molecule has 0 spiro atoms. The SMILES string of the molecule is CNC(c1ccc(Br)cc1OC)c1ncccc1OC. The second-order valence-corrected chi connectivity index (χ2v) is 5.11. The third kappa shape index (κ3) is 2.94. The first kappa shape index (κ1) is 14.8. The topological polar surface area (TPSA) is 43.4 Å². The lowest BCUT2D eigenvalue weighted by Gasteiger charge is -2.20. The van der Waals surface area contributed by atoms with Crippen molar-refractivity contribution in [1.82, 2.24) is 10.3 Å². The lowest BCUT2D eigenvalue weighted by molar-refractivity contribution is 0.392. The molecule has 0 fully saturated rings. The number of methoxy groups -OCH3 is 2. The Labute approximate surface area is 127 Å². The monoisotopic (exact) mass is 336 g/mol. The normalized spacial score (nSPS) is 12.0. The number of hydrogen-bond acceptors (Lipinski definition) is 4. The van der Waals surface area contributed by atoms with Gasteiger partial charge in [0, 0.05) is 16.2 Å². The van der Waals surface area contributed by atoms with Gasteiger partial charge >= 0.3 is 0 Å². The van der Waals surface area contributed by atoms with Gasteiger partial charge in [0.2, 0.25) is 0 Å². The van der Waals surface area contributed by atoms with Crippen molar-refractivity contribution in [3.8, 4) is 11.5 Å². The summed E-state index contributed by atoms with van der Waals surface area (Å²) in [5, 5.41) is 3.27. The Morgan fingerprint density at radius 1 is 1.15 bits per heavy atom. The Kier molecular flexibility index (Phi) is 4.98. The van der Waals surface area contributed by atoms with E-state index < -0.39 is 0 Å². The highest BCUT2D eigenvalue weighted by Gasteiger charge is 2.21. The van der Waals surface area contributed by atoms with Crippen molar-refractivity contribution in [2.45, 2.75) is 6.04 Å². The van der Waals surface area contributed by atoms with Gasteiger partial charge in [-0.05, 0) is 31.3 Å². The summed E-state index contributed by atoms with van der Waals surface area (Å²) < 4.78 is 11.8. The van der Waals surface area contributed by atoms with Crippen molar-refractivity contribution >= 4 is 15.9 Å². The van der Waals surface area contributed by atoms with Gasteiger partial charge in [-0.3, -0.25) is 4.98 Å². The summed E-state index contributed by atoms with van der Waals surface area (Å²) in [7, 11) is 5.19. The summed E-state index contributed by atoms with van der Waals surface area (Å²) in [5.41, 5.74) is 1.84. The van der Waals surface area contributed by atoms with Gasteiger partial charge < -0.3 is 14.8 Å². The van der Waals surface area contributed by atoms with Crippen LogP contribution in [0.1, 0.15) is 17.3 Å². The Morgan fingerprint density at radius 3 is 2.55 bits per heavy atom. The van der Waals surface area contributed by atoms with E-state index in [0.717, 1.165) is 27.2 Å². The van der Waals surface area contributed by atoms with E-state index in [1.165, 1.54) is 0 Å². The predicted molar refractivity (Wildman–Crippen MR) is 82.4 cm³/mol. The predicted octanol–water partition coefficient (Wildman–Crippen LogP) is 3.17. The van der Waals surface area contributed by atoms with Gasteiger partial charge in [-0.1, -0.05) is 22.0 Å². The zero-order valence-corrected chi connectivity index (χ0v) is 13.3. The molecular weight excluding hydrogens is 320 g/mol. The summed E-state index contributed by atoms with van der Waals surface area (Å²) >= 11 is 3.45. The quantitative estimate of drug-likeness (QED) is 0.910. The zero-order chi connectivity index (χ0) is 14.5. The first-order valence-electron chi connectivity index (χ1n) is 6.20. The van der Waals surface area contributed by atoms with Crippen molar-refractivity contribution in [3.63, 3.8) is 0 Å². The van der Waals surface area contributed by atoms with Crippen molar-refractivity contribution in [2.24, 2.45) is 0 Å². The molecule has 106 valence electrons. The fraction of sp³-hybridized carbons (Fsp3) is 0.267. The molecule has 4 nitrogen and oxygen atoms in total. The second-order valence-electron chi connectivity index (χ2n) is 4.20. The molecule has 20 heavy (non-hydrogen) atoms. The number of nitrogens with one attached hydrogen (secondary N) is 1. The van der Waals surface area contributed by atoms with Crippen molar-refractivity contribution in [1.29, 1.82) is 0 Å². The molecule has 1 atom stereocenters. The molecule has 0 saturated heterocycles. The number of benzene rings is 1. The first-order chi connectivity index (χ1) is 9.71. The highest BCUT2D eigenvalue weighted by atomic mass is 79.9. The maximum absolute atomic E-state index is 5.47. The van der Waals surface area contributed by atoms with Crippen molar-refractivity contribution in [2.75, 3.05) is 21.3 Å². The van der Waals surface area contributed by atoms with E-state index in [1.54, 1.807) is 20.4 Å². The van der Waals surface area contributed by atoms with Crippen molar-refractivity contribution in [3.05, 3.63) is 52.3 Å². The molecule has 0 aliphatic heterocycles. The molecule has 1 unspecified atom stereocenters. The highest BCUT2D eigenvalue weighted by molar-refractivity contribution is 9.10. The summed E-state index contributed by atoms with van der Waals surface area (Å²) in [5.74, 6) is 1.54. The molecule has 1 aromatic heterocycles. The van der Waals surface area contributed by atoms with Crippen LogP contribution in [0.3, 0.4) is 0 Å². The minimum atomic E-state index is -0.103. The lowest BCUT2D eigenvalue weighted by Crippen LogP contribution is -2.20. The maximum atomic E-state index is 5.47. The maximum Gasteiger partial charge on any atom is 0.142 e. The highest BCUT2D eigenvalue weighted by Crippen LogP contribution is 2.34. The molecule has 0 radical (unpaired) electrons. The molecule has 2 aromatic rings. The fourth-order valence-corrected chi connectivity index (χ4v) is 2.50. The Morgan fingerprint density at radius 2 is 1.90 bits per heavy atom. The van der Waals surface area contributed by atoms with E-state index in [1.807, 2.05) is 37.4 Å². The zero-order valence-electron chi connectivity index (χ0n) is 11.7. The minimum absolute atomic E-state index is 0.103. The van der Waals surface area contributed by atoms with Gasteiger partial charge in [0.25, 0.3) is 0 Å². The van der Waals surface area contributed by atoms with Crippen LogP contribution in [0.2, 0.25) is 0 Å². The average molecular weight is 337 g/mol. The molecule has 5 heteroatoms. The van der Waals surface area contributed by atoms with E-state index in [-0.39, 0.29) is 6.04 Å². The van der Waals surface area contributed by atoms with E-state index in [2.05, 4.69) is 26.2 Å². The Bertz CT molecular complexity index is 590. The lowest BCUT2D eigenvalue weighted by atomic mass is 10.0. The van der Waals surface area contributed by atoms with Crippen LogP contribution in [0.25, 0.3) is 0 Å². The smallest absolute Gasteiger partial charge is 0.142 e. The van der Waals surface area contributed by atoms with Crippen LogP contribution in [0.5, 0.6) is 11.5 Å². The van der Waals surface area contributed by atoms with Crippen LogP contribution >= 0.6 is 15.9 Å². The molecule has 0 saturated carbocycles. The van der Waals surface area contributed by atoms with Gasteiger partial charge in [-0.15, -0.1) is 0 Å². The van der Waals surface area contributed by atoms with Gasteiger partial charge in [-0.2, -0.15) is 0 Å². The number of halogens is 1. The minimum Gasteiger partial charge on any atom is -0.496 e. The van der Waals surface area contributed by atoms with Gasteiger partial charge in [0.05, 0.1) is 20.3 Å². The van der Waals surface area contributed by atoms with Gasteiger partial charge in [0.1, 0.15) is 17.2 Å². The first-order valence-corrected chi connectivity index (χ1v) is 7.00. The Hall–Kier alpha value is -1.59. The molecule has 2 rings (SSSR count). The molecule has 1 N–H and O–H groups in total. The number of rotatable bonds is 5. The molecule has 0 amide bonds. The largest absolute Gasteiger partial charge is 0.496 e. The van der Waals surface area contributed by atoms with E-state index >= 15 is 0 Å². The van der Waals surface area contributed by atoms with E-state index in [9.17, 15) is 0 Å².